The summed E-state index contributed by atoms with van der Waals surface area (Å²) in [5.41, 5.74) is 8.51. The van der Waals surface area contributed by atoms with E-state index in [-0.39, 0.29) is 0 Å². The van der Waals surface area contributed by atoms with Gasteiger partial charge in [0.25, 0.3) is 0 Å². The van der Waals surface area contributed by atoms with E-state index in [2.05, 4.69) is 45.2 Å². The highest BCUT2D eigenvalue weighted by Gasteiger charge is 2.28. The lowest BCUT2D eigenvalue weighted by atomic mass is 9.92. The smallest absolute Gasteiger partial charge is 0.00798 e. The Morgan fingerprint density at radius 1 is 1.00 bits per heavy atom. The minimum absolute atomic E-state index is 1.03. The second-order valence-corrected chi connectivity index (χ2v) is 5.57. The molecule has 0 radical (unpaired) electrons. The van der Waals surface area contributed by atoms with Crippen LogP contribution in [-0.2, 0) is 0 Å². The molecule has 2 aliphatic rings. The predicted octanol–water partition coefficient (Wildman–Crippen LogP) is 8.26. The van der Waals surface area contributed by atoms with Crippen LogP contribution in [0.5, 0.6) is 0 Å². The molecule has 2 rings (SSSR count). The van der Waals surface area contributed by atoms with Gasteiger partial charge in [-0.05, 0) is 72.5 Å². The third kappa shape index (κ3) is 5.23. The van der Waals surface area contributed by atoms with Crippen molar-refractivity contribution < 1.29 is 0 Å². The van der Waals surface area contributed by atoms with Gasteiger partial charge in [0.2, 0.25) is 0 Å². The standard InChI is InChI=1S/C20H26.2C2H6/c1-5-11-16(7-3)20-15(4)17-13-9-8-10-14-18(17)19(20)12-6-2;2*1-2/h5-6,11-12H,1,4,7-10,13-14H2,2-3H3;2*1-2H3/b12-6-,16-11-;;. The van der Waals surface area contributed by atoms with Crippen molar-refractivity contribution in [2.75, 3.05) is 0 Å². The monoisotopic (exact) mass is 326 g/mol. The summed E-state index contributed by atoms with van der Waals surface area (Å²) in [7, 11) is 0. The van der Waals surface area contributed by atoms with Gasteiger partial charge in [0.05, 0.1) is 0 Å². The molecular formula is C24H38. The maximum Gasteiger partial charge on any atom is -0.00798 e. The number of rotatable bonds is 4. The third-order valence-corrected chi connectivity index (χ3v) is 4.33. The fourth-order valence-electron chi connectivity index (χ4n) is 3.41. The Hall–Kier alpha value is -1.56. The maximum atomic E-state index is 4.42. The minimum Gasteiger partial charge on any atom is -0.0991 e. The molecular weight excluding hydrogens is 288 g/mol. The van der Waals surface area contributed by atoms with Gasteiger partial charge in [0, 0.05) is 0 Å². The van der Waals surface area contributed by atoms with Gasteiger partial charge in [-0.15, -0.1) is 0 Å². The van der Waals surface area contributed by atoms with E-state index in [0.29, 0.717) is 0 Å². The molecule has 0 spiro atoms. The molecule has 0 fully saturated rings. The van der Waals surface area contributed by atoms with Crippen LogP contribution >= 0.6 is 0 Å². The molecule has 0 bridgehead atoms. The van der Waals surface area contributed by atoms with Gasteiger partial charge in [0.1, 0.15) is 0 Å². The zero-order chi connectivity index (χ0) is 18.5. The normalized spacial score (nSPS) is 17.8. The van der Waals surface area contributed by atoms with Crippen LogP contribution in [0.4, 0.5) is 0 Å². The first kappa shape index (κ1) is 22.4. The van der Waals surface area contributed by atoms with Crippen molar-refractivity contribution in [1.82, 2.24) is 0 Å². The van der Waals surface area contributed by atoms with Crippen LogP contribution in [0.1, 0.15) is 80.1 Å². The summed E-state index contributed by atoms with van der Waals surface area (Å²) in [4.78, 5) is 0. The van der Waals surface area contributed by atoms with Crippen LogP contribution in [0.15, 0.2) is 70.9 Å². The summed E-state index contributed by atoms with van der Waals surface area (Å²) < 4.78 is 0. The highest BCUT2D eigenvalue weighted by atomic mass is 14.3. The number of hydrogen-bond acceptors (Lipinski definition) is 0. The van der Waals surface area contributed by atoms with Crippen LogP contribution in [0, 0.1) is 0 Å². The molecule has 0 amide bonds. The Bertz CT molecular complexity index is 532. The first-order valence-corrected chi connectivity index (χ1v) is 9.85. The number of hydrogen-bond donors (Lipinski definition) is 0. The average molecular weight is 327 g/mol. The van der Waals surface area contributed by atoms with Gasteiger partial charge in [-0.25, -0.2) is 0 Å². The third-order valence-electron chi connectivity index (χ3n) is 4.33. The quantitative estimate of drug-likeness (QED) is 0.456. The van der Waals surface area contributed by atoms with Gasteiger partial charge >= 0.3 is 0 Å². The summed E-state index contributed by atoms with van der Waals surface area (Å²) >= 11 is 0. The first-order chi connectivity index (χ1) is 11.7. The SMILES string of the molecule is C=C/C=C(/CC)C1=C(/C=C\C)C2=C(CCCCC2)C1=C.CC.CC. The lowest BCUT2D eigenvalue weighted by Crippen LogP contribution is -1.94. The van der Waals surface area contributed by atoms with Crippen LogP contribution in [0.2, 0.25) is 0 Å². The number of allylic oxidation sites excluding steroid dienone is 10. The molecule has 0 unspecified atom stereocenters. The summed E-state index contributed by atoms with van der Waals surface area (Å²) in [6, 6.07) is 0. The van der Waals surface area contributed by atoms with E-state index in [9.17, 15) is 0 Å². The van der Waals surface area contributed by atoms with E-state index >= 15 is 0 Å². The molecule has 2 aliphatic carbocycles. The summed E-state index contributed by atoms with van der Waals surface area (Å²) in [6.45, 7) is 20.6. The van der Waals surface area contributed by atoms with Crippen molar-refractivity contribution in [2.45, 2.75) is 80.1 Å². The Balaban J connectivity index is 0.00000123. The summed E-state index contributed by atoms with van der Waals surface area (Å²) in [6.07, 6.45) is 15.9. The first-order valence-electron chi connectivity index (χ1n) is 9.85. The summed E-state index contributed by atoms with van der Waals surface area (Å²) in [5.74, 6) is 0. The molecule has 0 aromatic carbocycles. The Morgan fingerprint density at radius 3 is 2.08 bits per heavy atom. The summed E-state index contributed by atoms with van der Waals surface area (Å²) in [5, 5.41) is 0. The van der Waals surface area contributed by atoms with E-state index in [1.54, 1.807) is 5.57 Å². The lowest BCUT2D eigenvalue weighted by Gasteiger charge is -2.12. The second-order valence-electron chi connectivity index (χ2n) is 5.57. The highest BCUT2D eigenvalue weighted by Crippen LogP contribution is 2.46. The Morgan fingerprint density at radius 2 is 1.58 bits per heavy atom. The molecule has 0 heterocycles. The van der Waals surface area contributed by atoms with Crippen molar-refractivity contribution >= 4 is 0 Å². The molecule has 0 N–H and O–H groups in total. The molecule has 0 aromatic rings. The van der Waals surface area contributed by atoms with Gasteiger partial charge in [-0.2, -0.15) is 0 Å². The lowest BCUT2D eigenvalue weighted by molar-refractivity contribution is 0.707. The van der Waals surface area contributed by atoms with E-state index in [4.69, 9.17) is 0 Å². The van der Waals surface area contributed by atoms with Crippen molar-refractivity contribution in [1.29, 1.82) is 0 Å². The fourth-order valence-corrected chi connectivity index (χ4v) is 3.41. The maximum absolute atomic E-state index is 4.42. The molecule has 0 aromatic heterocycles. The zero-order valence-corrected chi connectivity index (χ0v) is 17.0. The predicted molar refractivity (Wildman–Crippen MR) is 112 cm³/mol. The molecule has 0 saturated carbocycles. The van der Waals surface area contributed by atoms with Gasteiger partial charge in [-0.1, -0.05) is 78.5 Å². The van der Waals surface area contributed by atoms with Crippen molar-refractivity contribution in [3.05, 3.63) is 70.9 Å². The van der Waals surface area contributed by atoms with E-state index in [1.807, 2.05) is 33.8 Å². The van der Waals surface area contributed by atoms with Gasteiger partial charge in [0.15, 0.2) is 0 Å². The molecule has 0 aliphatic heterocycles. The molecule has 0 saturated heterocycles. The van der Waals surface area contributed by atoms with E-state index < -0.39 is 0 Å². The van der Waals surface area contributed by atoms with Crippen molar-refractivity contribution in [3.63, 3.8) is 0 Å². The molecule has 0 nitrogen and oxygen atoms in total. The van der Waals surface area contributed by atoms with Crippen molar-refractivity contribution in [2.24, 2.45) is 0 Å². The van der Waals surface area contributed by atoms with Crippen LogP contribution < -0.4 is 0 Å². The Labute approximate surface area is 151 Å². The average Bonchev–Trinajstić information content (AvgIpc) is 2.80. The molecule has 0 atom stereocenters. The van der Waals surface area contributed by atoms with Crippen molar-refractivity contribution in [3.8, 4) is 0 Å². The van der Waals surface area contributed by atoms with Crippen LogP contribution in [-0.4, -0.2) is 0 Å². The molecule has 0 heteroatoms. The van der Waals surface area contributed by atoms with Crippen LogP contribution in [0.25, 0.3) is 0 Å². The molecule has 24 heavy (non-hydrogen) atoms. The highest BCUT2D eigenvalue weighted by molar-refractivity contribution is 5.72. The fraction of sp³-hybridized carbons (Fsp3) is 0.500. The zero-order valence-electron chi connectivity index (χ0n) is 17.0. The van der Waals surface area contributed by atoms with E-state index in [0.717, 1.165) is 6.42 Å². The van der Waals surface area contributed by atoms with Crippen LogP contribution in [0.3, 0.4) is 0 Å². The Kier molecular flexibility index (Phi) is 12.0. The molecule has 134 valence electrons. The minimum atomic E-state index is 1.03. The van der Waals surface area contributed by atoms with Gasteiger partial charge < -0.3 is 0 Å². The topological polar surface area (TPSA) is 0 Å². The second kappa shape index (κ2) is 12.8. The van der Waals surface area contributed by atoms with E-state index in [1.165, 1.54) is 60.0 Å². The van der Waals surface area contributed by atoms with Gasteiger partial charge in [-0.3, -0.25) is 0 Å². The largest absolute Gasteiger partial charge is 0.0991 e.